The van der Waals surface area contributed by atoms with Gasteiger partial charge in [-0.25, -0.2) is 0 Å². The highest BCUT2D eigenvalue weighted by Crippen LogP contribution is 2.45. The Balaban J connectivity index is 2.77. The first-order chi connectivity index (χ1) is 22.6. The molecule has 6 heteroatoms. The van der Waals surface area contributed by atoms with Crippen LogP contribution in [0.1, 0.15) is 147 Å². The van der Waals surface area contributed by atoms with Gasteiger partial charge in [0.05, 0.1) is 38.6 Å². The lowest BCUT2D eigenvalue weighted by molar-refractivity contribution is 0.0899. The molecule has 0 N–H and O–H groups in total. The summed E-state index contributed by atoms with van der Waals surface area (Å²) < 4.78 is 32.4. The smallest absolute Gasteiger partial charge is 0.231 e. The first kappa shape index (κ1) is 39.0. The monoisotopic (exact) mass is 638 g/mol. The lowest BCUT2D eigenvalue weighted by Gasteiger charge is -2.23. The van der Waals surface area contributed by atoms with Gasteiger partial charge in [-0.15, -0.1) is 0 Å². The fourth-order valence-corrected chi connectivity index (χ4v) is 4.98. The predicted octanol–water partition coefficient (Wildman–Crippen LogP) is 11.4. The molecule has 0 aliphatic rings. The quantitative estimate of drug-likeness (QED) is 0.0400. The van der Waals surface area contributed by atoms with E-state index in [1.54, 1.807) is 0 Å². The molecule has 0 aromatic heterocycles. The minimum Gasteiger partial charge on any atom is -0.490 e. The number of hydrogen-bond donors (Lipinski definition) is 0. The lowest BCUT2D eigenvalue weighted by Crippen LogP contribution is -2.14. The van der Waals surface area contributed by atoms with Gasteiger partial charge >= 0.3 is 0 Å². The van der Waals surface area contributed by atoms with E-state index < -0.39 is 0 Å². The van der Waals surface area contributed by atoms with Crippen LogP contribution in [0.4, 0.5) is 0 Å². The highest BCUT2D eigenvalue weighted by molar-refractivity contribution is 6.11. The molecule has 0 amide bonds. The molecule has 0 heterocycles. The number of carbonyl (C=O) groups is 1. The summed E-state index contributed by atoms with van der Waals surface area (Å²) in [5, 5.41) is 0. The molecular weight excluding hydrogens is 576 g/mol. The average molecular weight is 639 g/mol. The van der Waals surface area contributed by atoms with Crippen molar-refractivity contribution >= 4 is 11.5 Å². The van der Waals surface area contributed by atoms with E-state index in [1.165, 1.54) is 0 Å². The molecule has 46 heavy (non-hydrogen) atoms. The third-order valence-electron chi connectivity index (χ3n) is 7.75. The van der Waals surface area contributed by atoms with Crippen LogP contribution in [0.25, 0.3) is 5.76 Å². The number of carbonyl (C=O) groups excluding carboxylic acids is 1. The van der Waals surface area contributed by atoms with Gasteiger partial charge in [0.1, 0.15) is 0 Å². The van der Waals surface area contributed by atoms with E-state index >= 15 is 0 Å². The molecule has 0 spiro atoms. The van der Waals surface area contributed by atoms with Crippen LogP contribution in [-0.4, -0.2) is 38.8 Å². The molecule has 0 saturated carbocycles. The fraction of sp³-hybridized carbons (Fsp3) is 0.625. The second kappa shape index (κ2) is 25.0. The third kappa shape index (κ3) is 14.1. The zero-order chi connectivity index (χ0) is 33.2. The summed E-state index contributed by atoms with van der Waals surface area (Å²) in [5.41, 5.74) is 1.22. The maximum Gasteiger partial charge on any atom is 0.231 e. The molecule has 0 fully saturated rings. The van der Waals surface area contributed by atoms with E-state index in [4.69, 9.17) is 23.7 Å². The lowest BCUT2D eigenvalue weighted by atomic mass is 10.0. The average Bonchev–Trinajstić information content (AvgIpc) is 3.08. The van der Waals surface area contributed by atoms with Crippen LogP contribution in [0.15, 0.2) is 48.2 Å². The minimum absolute atomic E-state index is 0.204. The standard InChI is InChI=1S/C40H62O6/c1-6-11-19-28-42-35-27-26-34(37(43-29-20-12-7-2)39(35)45-31-22-14-9-4)38(44-30-21-13-8-3)40(46-32-23-15-10-5)36(41)33-24-17-16-18-25-33/h16-18,24-27H,6-15,19-23,28-32H2,1-5H3. The molecule has 0 aliphatic carbocycles. The van der Waals surface area contributed by atoms with Crippen molar-refractivity contribution in [3.05, 3.63) is 59.4 Å². The summed E-state index contributed by atoms with van der Waals surface area (Å²) in [6.45, 7) is 13.4. The van der Waals surface area contributed by atoms with Gasteiger partial charge in [0.25, 0.3) is 0 Å². The van der Waals surface area contributed by atoms with Crippen LogP contribution >= 0.6 is 0 Å². The van der Waals surface area contributed by atoms with Gasteiger partial charge in [-0.2, -0.15) is 0 Å². The van der Waals surface area contributed by atoms with Crippen LogP contribution < -0.4 is 14.2 Å². The van der Waals surface area contributed by atoms with Gasteiger partial charge in [0.15, 0.2) is 17.3 Å². The Morgan fingerprint density at radius 3 is 1.52 bits per heavy atom. The number of ether oxygens (including phenoxy) is 5. The summed E-state index contributed by atoms with van der Waals surface area (Å²) in [6.07, 6.45) is 15.2. The highest BCUT2D eigenvalue weighted by atomic mass is 16.5. The molecule has 258 valence electrons. The largest absolute Gasteiger partial charge is 0.490 e. The van der Waals surface area contributed by atoms with Crippen molar-refractivity contribution in [3.8, 4) is 17.2 Å². The van der Waals surface area contributed by atoms with E-state index in [0.717, 1.165) is 96.3 Å². The van der Waals surface area contributed by atoms with Crippen LogP contribution in [-0.2, 0) is 9.47 Å². The van der Waals surface area contributed by atoms with Crippen LogP contribution in [0, 0.1) is 0 Å². The highest BCUT2D eigenvalue weighted by Gasteiger charge is 2.28. The van der Waals surface area contributed by atoms with Gasteiger partial charge < -0.3 is 23.7 Å². The van der Waals surface area contributed by atoms with Crippen LogP contribution in [0.3, 0.4) is 0 Å². The number of ketones is 1. The predicted molar refractivity (Wildman–Crippen MR) is 190 cm³/mol. The first-order valence-corrected chi connectivity index (χ1v) is 18.3. The zero-order valence-corrected chi connectivity index (χ0v) is 29.6. The Hall–Kier alpha value is -3.15. The number of allylic oxidation sites excluding steroid dienone is 1. The van der Waals surface area contributed by atoms with Gasteiger partial charge in [-0.3, -0.25) is 4.79 Å². The number of hydrogen-bond acceptors (Lipinski definition) is 6. The molecule has 0 unspecified atom stereocenters. The zero-order valence-electron chi connectivity index (χ0n) is 29.6. The molecule has 2 aromatic rings. The van der Waals surface area contributed by atoms with E-state index in [-0.39, 0.29) is 11.5 Å². The van der Waals surface area contributed by atoms with E-state index in [1.807, 2.05) is 42.5 Å². The van der Waals surface area contributed by atoms with E-state index in [9.17, 15) is 4.79 Å². The molecule has 6 nitrogen and oxygen atoms in total. The van der Waals surface area contributed by atoms with Crippen molar-refractivity contribution in [2.45, 2.75) is 131 Å². The SMILES string of the molecule is CCCCCOC(C(=O)c1ccccc1)=C(OCCCCC)c1ccc(OCCCCC)c(OCCCCC)c1OCCCCC. The fourth-order valence-electron chi connectivity index (χ4n) is 4.98. The Morgan fingerprint density at radius 1 is 0.500 bits per heavy atom. The summed E-state index contributed by atoms with van der Waals surface area (Å²) >= 11 is 0. The van der Waals surface area contributed by atoms with Crippen molar-refractivity contribution in [1.29, 1.82) is 0 Å². The van der Waals surface area contributed by atoms with Gasteiger partial charge in [-0.05, 0) is 44.2 Å². The maximum atomic E-state index is 14.2. The van der Waals surface area contributed by atoms with Gasteiger partial charge in [-0.1, -0.05) is 129 Å². The molecule has 0 bridgehead atoms. The van der Waals surface area contributed by atoms with Crippen LogP contribution in [0.2, 0.25) is 0 Å². The Bertz CT molecular complexity index is 1110. The van der Waals surface area contributed by atoms with E-state index in [0.29, 0.717) is 67.2 Å². The molecule has 0 radical (unpaired) electrons. The van der Waals surface area contributed by atoms with Crippen LogP contribution in [0.5, 0.6) is 17.2 Å². The van der Waals surface area contributed by atoms with Crippen molar-refractivity contribution in [3.63, 3.8) is 0 Å². The third-order valence-corrected chi connectivity index (χ3v) is 7.75. The van der Waals surface area contributed by atoms with Crippen molar-refractivity contribution in [1.82, 2.24) is 0 Å². The minimum atomic E-state index is -0.204. The summed E-state index contributed by atoms with van der Waals surface area (Å²) in [7, 11) is 0. The van der Waals surface area contributed by atoms with Gasteiger partial charge in [0.2, 0.25) is 17.3 Å². The molecule has 2 aromatic carbocycles. The second-order valence-corrected chi connectivity index (χ2v) is 11.9. The van der Waals surface area contributed by atoms with Crippen molar-refractivity contribution in [2.24, 2.45) is 0 Å². The number of benzene rings is 2. The molecule has 0 atom stereocenters. The Morgan fingerprint density at radius 2 is 0.978 bits per heavy atom. The molecule has 2 rings (SSSR count). The normalized spacial score (nSPS) is 11.6. The van der Waals surface area contributed by atoms with Gasteiger partial charge in [0, 0.05) is 5.56 Å². The van der Waals surface area contributed by atoms with Crippen molar-refractivity contribution in [2.75, 3.05) is 33.0 Å². The molecule has 0 aliphatic heterocycles. The molecular formula is C40H62O6. The Labute approximate surface area is 280 Å². The summed E-state index contributed by atoms with van der Waals surface area (Å²) in [5.74, 6) is 2.21. The topological polar surface area (TPSA) is 63.2 Å². The van der Waals surface area contributed by atoms with Crippen molar-refractivity contribution < 1.29 is 28.5 Å². The maximum absolute atomic E-state index is 14.2. The van der Waals surface area contributed by atoms with E-state index in [2.05, 4.69) is 34.6 Å². The number of Topliss-reactive ketones (excluding diaryl/α,β-unsaturated/α-hetero) is 1. The Kier molecular flexibility index (Phi) is 21.2. The summed E-state index contributed by atoms with van der Waals surface area (Å²) in [4.78, 5) is 14.2. The molecule has 0 saturated heterocycles. The number of rotatable bonds is 28. The number of unbranched alkanes of at least 4 members (excludes halogenated alkanes) is 10. The first-order valence-electron chi connectivity index (χ1n) is 18.3. The second-order valence-electron chi connectivity index (χ2n) is 11.9. The summed E-state index contributed by atoms with van der Waals surface area (Å²) in [6, 6.07) is 13.2.